The molecular weight excluding hydrogens is 238 g/mol. The summed E-state index contributed by atoms with van der Waals surface area (Å²) in [7, 11) is 1.59. The van der Waals surface area contributed by atoms with Gasteiger partial charge in [-0.05, 0) is 25.9 Å². The Morgan fingerprint density at radius 1 is 1.29 bits per heavy atom. The topological polar surface area (TPSA) is 70.2 Å². The molecule has 0 spiro atoms. The van der Waals surface area contributed by atoms with Crippen LogP contribution in [0.4, 0.5) is 0 Å². The van der Waals surface area contributed by atoms with E-state index in [1.165, 1.54) is 0 Å². The highest BCUT2D eigenvalue weighted by Gasteiger charge is 2.14. The Hall–Kier alpha value is -0.750. The molecule has 0 aromatic heterocycles. The van der Waals surface area contributed by atoms with Crippen LogP contribution in [0, 0.1) is 0 Å². The van der Waals surface area contributed by atoms with Crippen molar-refractivity contribution >= 4 is 23.6 Å². The molecule has 0 aromatic carbocycles. The molecule has 5 nitrogen and oxygen atoms in total. The molecule has 17 heavy (non-hydrogen) atoms. The number of hydrogen-bond acceptors (Lipinski definition) is 4. The number of carbonyl (C=O) groups excluding carboxylic acids is 2. The van der Waals surface area contributed by atoms with Gasteiger partial charge in [-0.2, -0.15) is 0 Å². The Bertz CT molecular complexity index is 255. The zero-order valence-electron chi connectivity index (χ0n) is 10.3. The molecule has 1 heterocycles. The second-order valence-corrected chi connectivity index (χ2v) is 5.32. The van der Waals surface area contributed by atoms with Crippen LogP contribution in [0.2, 0.25) is 0 Å². The maximum Gasteiger partial charge on any atom is 0.230 e. The summed E-state index contributed by atoms with van der Waals surface area (Å²) in [5.74, 6) is 0.479. The van der Waals surface area contributed by atoms with E-state index in [0.717, 1.165) is 25.9 Å². The van der Waals surface area contributed by atoms with E-state index in [1.54, 1.807) is 18.8 Å². The molecule has 0 atom stereocenters. The fourth-order valence-electron chi connectivity index (χ4n) is 1.65. The summed E-state index contributed by atoms with van der Waals surface area (Å²) < 4.78 is 0. The third kappa shape index (κ3) is 6.53. The molecule has 1 fully saturated rings. The van der Waals surface area contributed by atoms with Crippen molar-refractivity contribution < 1.29 is 9.59 Å². The average molecular weight is 259 g/mol. The van der Waals surface area contributed by atoms with E-state index in [0.29, 0.717) is 24.0 Å². The summed E-state index contributed by atoms with van der Waals surface area (Å²) in [5, 5.41) is 9.17. The third-order valence-electron chi connectivity index (χ3n) is 2.69. The minimum Gasteiger partial charge on any atom is -0.359 e. The van der Waals surface area contributed by atoms with Gasteiger partial charge in [-0.1, -0.05) is 0 Å². The lowest BCUT2D eigenvalue weighted by Gasteiger charge is -2.21. The quantitative estimate of drug-likeness (QED) is 0.614. The molecule has 6 heteroatoms. The molecular formula is C11H21N3O2S. The van der Waals surface area contributed by atoms with Gasteiger partial charge >= 0.3 is 0 Å². The minimum atomic E-state index is -0.0451. The number of amides is 2. The third-order valence-corrected chi connectivity index (χ3v) is 4.06. The molecule has 0 radical (unpaired) electrons. The summed E-state index contributed by atoms with van der Waals surface area (Å²) >= 11 is 1.72. The number of hydrogen-bond donors (Lipinski definition) is 3. The van der Waals surface area contributed by atoms with Crippen LogP contribution in [0.3, 0.4) is 0 Å². The SMILES string of the molecule is CNC(=O)CCNC(=O)CSC1CCNCC1. The normalized spacial score (nSPS) is 16.5. The maximum absolute atomic E-state index is 11.5. The summed E-state index contributed by atoms with van der Waals surface area (Å²) in [6.45, 7) is 2.53. The number of piperidine rings is 1. The molecule has 3 N–H and O–H groups in total. The first kappa shape index (κ1) is 14.3. The summed E-state index contributed by atoms with van der Waals surface area (Å²) in [4.78, 5) is 22.4. The van der Waals surface area contributed by atoms with E-state index in [-0.39, 0.29) is 11.8 Å². The van der Waals surface area contributed by atoms with Gasteiger partial charge in [-0.3, -0.25) is 9.59 Å². The van der Waals surface area contributed by atoms with Crippen molar-refractivity contribution in [1.82, 2.24) is 16.0 Å². The van der Waals surface area contributed by atoms with Crippen molar-refractivity contribution in [2.24, 2.45) is 0 Å². The lowest BCUT2D eigenvalue weighted by molar-refractivity contribution is -0.121. The van der Waals surface area contributed by atoms with Crippen LogP contribution in [0.1, 0.15) is 19.3 Å². The number of thioether (sulfide) groups is 1. The fraction of sp³-hybridized carbons (Fsp3) is 0.818. The van der Waals surface area contributed by atoms with Crippen molar-refractivity contribution in [3.05, 3.63) is 0 Å². The molecule has 0 aliphatic carbocycles. The first-order chi connectivity index (χ1) is 8.22. The Morgan fingerprint density at radius 2 is 2.00 bits per heavy atom. The van der Waals surface area contributed by atoms with Gasteiger partial charge in [0.25, 0.3) is 0 Å². The smallest absolute Gasteiger partial charge is 0.230 e. The standard InChI is InChI=1S/C11H21N3O2S/c1-12-10(15)4-7-14-11(16)8-17-9-2-5-13-6-3-9/h9,13H,2-8H2,1H3,(H,12,15)(H,14,16). The number of carbonyl (C=O) groups is 2. The molecule has 0 saturated carbocycles. The predicted octanol–water partition coefficient (Wildman–Crippen LogP) is -0.276. The van der Waals surface area contributed by atoms with Gasteiger partial charge in [0.1, 0.15) is 0 Å². The molecule has 0 aromatic rings. The molecule has 0 bridgehead atoms. The highest BCUT2D eigenvalue weighted by atomic mass is 32.2. The highest BCUT2D eigenvalue weighted by Crippen LogP contribution is 2.19. The van der Waals surface area contributed by atoms with Crippen LogP contribution in [0.15, 0.2) is 0 Å². The van der Waals surface area contributed by atoms with Gasteiger partial charge in [0.2, 0.25) is 11.8 Å². The van der Waals surface area contributed by atoms with Gasteiger partial charge in [0.15, 0.2) is 0 Å². The van der Waals surface area contributed by atoms with Crippen LogP contribution >= 0.6 is 11.8 Å². The van der Waals surface area contributed by atoms with Gasteiger partial charge in [0.05, 0.1) is 5.75 Å². The van der Waals surface area contributed by atoms with E-state index >= 15 is 0 Å². The summed E-state index contributed by atoms with van der Waals surface area (Å²) in [5.41, 5.74) is 0. The Balaban J connectivity index is 2.02. The van der Waals surface area contributed by atoms with E-state index < -0.39 is 0 Å². The van der Waals surface area contributed by atoms with Gasteiger partial charge in [0, 0.05) is 25.3 Å². The molecule has 1 saturated heterocycles. The lowest BCUT2D eigenvalue weighted by atomic mass is 10.2. The summed E-state index contributed by atoms with van der Waals surface area (Å²) in [6, 6.07) is 0. The Labute approximate surface area is 106 Å². The second kappa shape index (κ2) is 8.36. The molecule has 2 amide bonds. The van der Waals surface area contributed by atoms with Crippen molar-refractivity contribution in [3.63, 3.8) is 0 Å². The van der Waals surface area contributed by atoms with Gasteiger partial charge < -0.3 is 16.0 Å². The van der Waals surface area contributed by atoms with E-state index in [2.05, 4.69) is 16.0 Å². The fourth-order valence-corrected chi connectivity index (χ4v) is 2.71. The van der Waals surface area contributed by atoms with Crippen LogP contribution in [-0.2, 0) is 9.59 Å². The molecule has 1 aliphatic heterocycles. The van der Waals surface area contributed by atoms with Crippen molar-refractivity contribution in [2.45, 2.75) is 24.5 Å². The average Bonchev–Trinajstić information content (AvgIpc) is 2.37. The maximum atomic E-state index is 11.5. The van der Waals surface area contributed by atoms with Crippen LogP contribution in [-0.4, -0.2) is 49.5 Å². The van der Waals surface area contributed by atoms with Crippen molar-refractivity contribution in [1.29, 1.82) is 0 Å². The molecule has 1 rings (SSSR count). The highest BCUT2D eigenvalue weighted by molar-refractivity contribution is 8.00. The molecule has 98 valence electrons. The number of rotatable bonds is 6. The zero-order chi connectivity index (χ0) is 12.5. The van der Waals surface area contributed by atoms with Crippen LogP contribution < -0.4 is 16.0 Å². The lowest BCUT2D eigenvalue weighted by Crippen LogP contribution is -2.32. The minimum absolute atomic E-state index is 0.0254. The van der Waals surface area contributed by atoms with Crippen LogP contribution in [0.25, 0.3) is 0 Å². The van der Waals surface area contributed by atoms with Gasteiger partial charge in [-0.25, -0.2) is 0 Å². The number of nitrogens with one attached hydrogen (secondary N) is 3. The van der Waals surface area contributed by atoms with Crippen LogP contribution in [0.5, 0.6) is 0 Å². The van der Waals surface area contributed by atoms with Gasteiger partial charge in [-0.15, -0.1) is 11.8 Å². The Kier molecular flexibility index (Phi) is 7.04. The first-order valence-electron chi connectivity index (χ1n) is 6.02. The predicted molar refractivity (Wildman–Crippen MR) is 70.0 cm³/mol. The zero-order valence-corrected chi connectivity index (χ0v) is 11.1. The Morgan fingerprint density at radius 3 is 2.65 bits per heavy atom. The van der Waals surface area contributed by atoms with Crippen molar-refractivity contribution in [2.75, 3.05) is 32.4 Å². The molecule has 1 aliphatic rings. The first-order valence-corrected chi connectivity index (χ1v) is 7.07. The van der Waals surface area contributed by atoms with E-state index in [9.17, 15) is 9.59 Å². The second-order valence-electron chi connectivity index (χ2n) is 4.03. The largest absolute Gasteiger partial charge is 0.359 e. The monoisotopic (exact) mass is 259 g/mol. The summed E-state index contributed by atoms with van der Waals surface area (Å²) in [6.07, 6.45) is 2.62. The van der Waals surface area contributed by atoms with E-state index in [4.69, 9.17) is 0 Å². The molecule has 0 unspecified atom stereocenters. The van der Waals surface area contributed by atoms with Crippen molar-refractivity contribution in [3.8, 4) is 0 Å². The van der Waals surface area contributed by atoms with E-state index in [1.807, 2.05) is 0 Å².